The summed E-state index contributed by atoms with van der Waals surface area (Å²) in [6.07, 6.45) is -19.3. The number of hydrogen-bond donors (Lipinski definition) is 4. The molecule has 0 unspecified atom stereocenters. The number of carbonyl (C=O) groups excluding carboxylic acids is 2. The van der Waals surface area contributed by atoms with Crippen LogP contribution >= 0.6 is 15.9 Å². The van der Waals surface area contributed by atoms with Crippen molar-refractivity contribution in [3.63, 3.8) is 0 Å². The van der Waals surface area contributed by atoms with Gasteiger partial charge >= 0.3 is 31.6 Å². The van der Waals surface area contributed by atoms with E-state index in [1.54, 1.807) is 43.3 Å². The van der Waals surface area contributed by atoms with E-state index in [0.717, 1.165) is 44.2 Å². The Morgan fingerprint density at radius 3 is 1.47 bits per heavy atom. The molecule has 4 heterocycles. The summed E-state index contributed by atoms with van der Waals surface area (Å²) in [6, 6.07) is 19.6. The van der Waals surface area contributed by atoms with E-state index < -0.39 is 78.3 Å². The molecular formula is C40H30BBrF10N6O8. The Bertz CT molecular complexity index is 2830. The standard InChI is InChI=1S/C20H14F5N3O3.C12H11BrFN3O.C8H5BF4O4/c1-10-16(17(21)28(2)27-10)18(29)26-13-6-4-3-5-12(13)11-7-8-14-15(9-11)31-20(24,25)19(22,23)30-14;1-7-10(11(14)17(2)16-7)12(18)15-9-6-4-3-5-8(9)13;10-7(11)8(12,13)17-6-3-4(9(14)15)1-2-5(6)16-7/h3-9H,1-2H3,(H,26,29);3-6H,1-2H3,(H,15,18);1-3,14-15H. The number of benzene rings is 4. The first kappa shape index (κ1) is 48.7. The van der Waals surface area contributed by atoms with Crippen LogP contribution in [0.15, 0.2) is 89.4 Å². The van der Waals surface area contributed by atoms with E-state index >= 15 is 0 Å². The van der Waals surface area contributed by atoms with Crippen LogP contribution in [-0.4, -0.2) is 73.0 Å². The highest BCUT2D eigenvalue weighted by Crippen LogP contribution is 2.49. The molecule has 348 valence electrons. The molecule has 0 saturated heterocycles. The Balaban J connectivity index is 0.000000176. The highest BCUT2D eigenvalue weighted by atomic mass is 79.9. The molecule has 14 nitrogen and oxygen atoms in total. The zero-order chi connectivity index (χ0) is 48.7. The summed E-state index contributed by atoms with van der Waals surface area (Å²) in [7, 11) is 0.874. The third kappa shape index (κ3) is 9.89. The van der Waals surface area contributed by atoms with E-state index in [1.165, 1.54) is 33.2 Å². The molecule has 4 aromatic carbocycles. The predicted molar refractivity (Wildman–Crippen MR) is 216 cm³/mol. The molecule has 66 heavy (non-hydrogen) atoms. The summed E-state index contributed by atoms with van der Waals surface area (Å²) in [5.41, 5.74) is 1.50. The minimum Gasteiger partial charge on any atom is -0.423 e. The molecule has 2 aliphatic heterocycles. The molecule has 6 aromatic rings. The molecule has 0 fully saturated rings. The van der Waals surface area contributed by atoms with E-state index in [1.807, 2.05) is 6.07 Å². The second-order valence-electron chi connectivity index (χ2n) is 13.9. The lowest BCUT2D eigenvalue weighted by Crippen LogP contribution is -2.52. The van der Waals surface area contributed by atoms with Gasteiger partial charge in [-0.15, -0.1) is 0 Å². The Labute approximate surface area is 373 Å². The van der Waals surface area contributed by atoms with Crippen LogP contribution in [0.5, 0.6) is 23.0 Å². The van der Waals surface area contributed by atoms with Crippen LogP contribution in [0, 0.1) is 25.7 Å². The lowest BCUT2D eigenvalue weighted by molar-refractivity contribution is -0.391. The van der Waals surface area contributed by atoms with Crippen molar-refractivity contribution in [1.82, 2.24) is 19.6 Å². The number of ether oxygens (including phenoxy) is 4. The van der Waals surface area contributed by atoms with Gasteiger partial charge in [-0.05, 0) is 83.3 Å². The van der Waals surface area contributed by atoms with Gasteiger partial charge in [0.1, 0.15) is 11.1 Å². The van der Waals surface area contributed by atoms with Crippen molar-refractivity contribution in [3.8, 4) is 34.1 Å². The summed E-state index contributed by atoms with van der Waals surface area (Å²) >= 11 is 3.31. The fourth-order valence-electron chi connectivity index (χ4n) is 6.03. The number of nitrogens with one attached hydrogen (secondary N) is 2. The summed E-state index contributed by atoms with van der Waals surface area (Å²) in [5.74, 6) is -5.19. The summed E-state index contributed by atoms with van der Waals surface area (Å²) in [4.78, 5) is 24.6. The molecule has 0 spiro atoms. The van der Waals surface area contributed by atoms with Gasteiger partial charge in [-0.3, -0.25) is 9.59 Å². The van der Waals surface area contributed by atoms with Crippen molar-refractivity contribution in [3.05, 3.63) is 124 Å². The first-order valence-electron chi connectivity index (χ1n) is 18.5. The van der Waals surface area contributed by atoms with Gasteiger partial charge in [-0.25, -0.2) is 9.36 Å². The molecule has 2 amide bonds. The smallest absolute Gasteiger partial charge is 0.423 e. The summed E-state index contributed by atoms with van der Waals surface area (Å²) in [6.45, 7) is 3.07. The molecule has 0 atom stereocenters. The number of nitrogens with zero attached hydrogens (tertiary/aromatic N) is 4. The Kier molecular flexibility index (Phi) is 13.4. The maximum Gasteiger partial charge on any atom is 0.507 e. The van der Waals surface area contributed by atoms with Gasteiger partial charge in [-0.1, -0.05) is 42.5 Å². The molecule has 0 bridgehead atoms. The van der Waals surface area contributed by atoms with Crippen molar-refractivity contribution < 1.29 is 82.5 Å². The average Bonchev–Trinajstić information content (AvgIpc) is 3.64. The average molecular weight is 1000 g/mol. The summed E-state index contributed by atoms with van der Waals surface area (Å²) in [5, 5.41) is 30.5. The number of anilines is 2. The Hall–Kier alpha value is -6.80. The topological polar surface area (TPSA) is 171 Å². The van der Waals surface area contributed by atoms with Gasteiger partial charge in [0.05, 0.1) is 17.1 Å². The fraction of sp³-hybridized carbons (Fsp3) is 0.200. The molecule has 0 aliphatic carbocycles. The molecule has 2 aliphatic rings. The van der Waals surface area contributed by atoms with Gasteiger partial charge in [-0.2, -0.15) is 54.1 Å². The van der Waals surface area contributed by atoms with E-state index in [-0.39, 0.29) is 33.5 Å². The van der Waals surface area contributed by atoms with E-state index in [4.69, 9.17) is 10.0 Å². The third-order valence-corrected chi connectivity index (χ3v) is 9.90. The molecular weight excluding hydrogens is 973 g/mol. The first-order chi connectivity index (χ1) is 30.7. The van der Waals surface area contributed by atoms with Gasteiger partial charge in [0.25, 0.3) is 11.8 Å². The second-order valence-corrected chi connectivity index (χ2v) is 14.8. The molecule has 0 radical (unpaired) electrons. The Morgan fingerprint density at radius 1 is 0.606 bits per heavy atom. The van der Waals surface area contributed by atoms with Crippen LogP contribution in [0.3, 0.4) is 0 Å². The Morgan fingerprint density at radius 2 is 1.02 bits per heavy atom. The molecule has 4 N–H and O–H groups in total. The number of amides is 2. The largest absolute Gasteiger partial charge is 0.507 e. The first-order valence-corrected chi connectivity index (χ1v) is 19.3. The number of fused-ring (bicyclic) bond motifs is 2. The molecule has 0 saturated carbocycles. The molecule has 26 heteroatoms. The van der Waals surface area contributed by atoms with Crippen LogP contribution in [0.25, 0.3) is 11.1 Å². The van der Waals surface area contributed by atoms with Crippen LogP contribution < -0.4 is 35.0 Å². The minimum atomic E-state index is -4.86. The van der Waals surface area contributed by atoms with Crippen LogP contribution in [-0.2, 0) is 14.1 Å². The third-order valence-electron chi connectivity index (χ3n) is 9.21. The second kappa shape index (κ2) is 18.2. The maximum absolute atomic E-state index is 14.2. The van der Waals surface area contributed by atoms with Crippen molar-refractivity contribution in [2.45, 2.75) is 38.3 Å². The van der Waals surface area contributed by atoms with Crippen molar-refractivity contribution >= 4 is 51.7 Å². The molecule has 8 rings (SSSR count). The highest BCUT2D eigenvalue weighted by molar-refractivity contribution is 9.10. The monoisotopic (exact) mass is 1000 g/mol. The SMILES string of the molecule is Cc1nn(C)c(F)c1C(=O)Nc1ccccc1-c1ccc2c(c1)OC(F)(F)C(F)(F)O2.Cc1nn(C)c(F)c1C(=O)Nc1ccccc1Br.OB(O)c1ccc2c(c1)OC(F)(F)C(F)(F)O2. The lowest BCUT2D eigenvalue weighted by Gasteiger charge is -2.32. The number of alkyl halides is 8. The number of hydrogen-bond acceptors (Lipinski definition) is 10. The van der Waals surface area contributed by atoms with Gasteiger partial charge in [0.15, 0.2) is 23.0 Å². The normalized spacial score (nSPS) is 15.5. The van der Waals surface area contributed by atoms with Crippen LogP contribution in [0.2, 0.25) is 0 Å². The number of halogens is 11. The highest BCUT2D eigenvalue weighted by Gasteiger charge is 2.67. The van der Waals surface area contributed by atoms with Crippen LogP contribution in [0.1, 0.15) is 32.1 Å². The van der Waals surface area contributed by atoms with Gasteiger partial charge in [0.2, 0.25) is 11.9 Å². The molecule has 2 aromatic heterocycles. The van der Waals surface area contributed by atoms with Gasteiger partial charge in [0, 0.05) is 29.8 Å². The number of para-hydroxylation sites is 2. The number of aromatic nitrogens is 4. The predicted octanol–water partition coefficient (Wildman–Crippen LogP) is 7.95. The number of aryl methyl sites for hydroxylation is 4. The zero-order valence-electron chi connectivity index (χ0n) is 34.0. The fourth-order valence-corrected chi connectivity index (χ4v) is 6.41. The maximum atomic E-state index is 14.2. The van der Waals surface area contributed by atoms with Crippen molar-refractivity contribution in [2.24, 2.45) is 14.1 Å². The number of carbonyl (C=O) groups is 2. The van der Waals surface area contributed by atoms with Crippen molar-refractivity contribution in [2.75, 3.05) is 10.6 Å². The van der Waals surface area contributed by atoms with E-state index in [2.05, 4.69) is 55.7 Å². The lowest BCUT2D eigenvalue weighted by atomic mass is 9.80. The van der Waals surface area contributed by atoms with E-state index in [0.29, 0.717) is 16.9 Å². The quantitative estimate of drug-likeness (QED) is 0.0949. The number of rotatable bonds is 6. The van der Waals surface area contributed by atoms with Crippen LogP contribution in [0.4, 0.5) is 55.3 Å². The summed E-state index contributed by atoms with van der Waals surface area (Å²) < 4.78 is 151. The van der Waals surface area contributed by atoms with E-state index in [9.17, 15) is 53.5 Å². The van der Waals surface area contributed by atoms with Gasteiger partial charge < -0.3 is 39.6 Å². The minimum absolute atomic E-state index is 0.0340. The van der Waals surface area contributed by atoms with Crippen molar-refractivity contribution in [1.29, 1.82) is 0 Å². The zero-order valence-corrected chi connectivity index (χ0v) is 35.5.